The highest BCUT2D eigenvalue weighted by Gasteiger charge is 2.52. The average molecular weight is 371 g/mol. The van der Waals surface area contributed by atoms with Crippen LogP contribution in [0.15, 0.2) is 36.4 Å². The van der Waals surface area contributed by atoms with Crippen molar-refractivity contribution in [1.29, 1.82) is 0 Å². The van der Waals surface area contributed by atoms with E-state index in [1.165, 1.54) is 6.07 Å². The minimum absolute atomic E-state index is 0.00473. The molecule has 0 spiro atoms. The van der Waals surface area contributed by atoms with Gasteiger partial charge in [0.25, 0.3) is 0 Å². The lowest BCUT2D eigenvalue weighted by Crippen LogP contribution is -2.48. The third-order valence-corrected chi connectivity index (χ3v) is 5.78. The molecule has 2 aromatic carbocycles. The lowest BCUT2D eigenvalue weighted by atomic mass is 9.76. The van der Waals surface area contributed by atoms with Crippen LogP contribution in [0.2, 0.25) is 0 Å². The van der Waals surface area contributed by atoms with Crippen molar-refractivity contribution in [2.45, 2.75) is 31.6 Å². The van der Waals surface area contributed by atoms with Crippen molar-refractivity contribution in [3.63, 3.8) is 0 Å². The Bertz CT molecular complexity index is 854. The van der Waals surface area contributed by atoms with Gasteiger partial charge in [-0.2, -0.15) is 0 Å². The number of aliphatic hydroxyl groups excluding tert-OH is 1. The molecule has 2 N–H and O–H groups in total. The van der Waals surface area contributed by atoms with Gasteiger partial charge >= 0.3 is 0 Å². The van der Waals surface area contributed by atoms with Crippen LogP contribution in [0.4, 0.5) is 5.69 Å². The summed E-state index contributed by atoms with van der Waals surface area (Å²) in [5, 5.41) is 34.9. The summed E-state index contributed by atoms with van der Waals surface area (Å²) in [5.74, 6) is 1.00. The van der Waals surface area contributed by atoms with Gasteiger partial charge in [-0.3, -0.25) is 0 Å². The van der Waals surface area contributed by atoms with Crippen molar-refractivity contribution >= 4 is 5.69 Å². The van der Waals surface area contributed by atoms with E-state index in [1.807, 2.05) is 24.3 Å². The Hall–Kier alpha value is -2.28. The highest BCUT2D eigenvalue weighted by molar-refractivity contribution is 5.67. The van der Waals surface area contributed by atoms with E-state index >= 15 is 0 Å². The molecule has 0 amide bonds. The van der Waals surface area contributed by atoms with E-state index in [4.69, 9.17) is 9.47 Å². The van der Waals surface area contributed by atoms with Gasteiger partial charge in [-0.1, -0.05) is 31.5 Å². The number of unbranched alkanes of at least 4 members (excludes halogenated alkanes) is 2. The lowest BCUT2D eigenvalue weighted by Gasteiger charge is -2.41. The summed E-state index contributed by atoms with van der Waals surface area (Å²) in [5.41, 5.74) is 0.969. The van der Waals surface area contributed by atoms with E-state index in [2.05, 4.69) is 6.92 Å². The second-order valence-corrected chi connectivity index (χ2v) is 7.46. The molecule has 6 heteroatoms. The lowest BCUT2D eigenvalue weighted by molar-refractivity contribution is 0.173. The smallest absolute Gasteiger partial charge is 0.231 e. The summed E-state index contributed by atoms with van der Waals surface area (Å²) in [6.45, 7) is 2.54. The molecule has 0 radical (unpaired) electrons. The Balaban J connectivity index is 1.84. The molecule has 27 heavy (non-hydrogen) atoms. The minimum atomic E-state index is -0.977. The number of phenolic OH excluding ortho intramolecular Hbond substituents is 1. The largest absolute Gasteiger partial charge is 0.627 e. The molecule has 0 aromatic heterocycles. The number of phenols is 1. The van der Waals surface area contributed by atoms with Gasteiger partial charge in [-0.05, 0) is 25.0 Å². The van der Waals surface area contributed by atoms with E-state index in [0.29, 0.717) is 29.3 Å². The number of hydroxylamine groups is 2. The van der Waals surface area contributed by atoms with Crippen LogP contribution in [0.5, 0.6) is 17.2 Å². The highest BCUT2D eigenvalue weighted by Crippen LogP contribution is 2.52. The number of hydrogen-bond donors (Lipinski definition) is 2. The molecular weight excluding hydrogens is 346 g/mol. The van der Waals surface area contributed by atoms with Crippen LogP contribution in [0.3, 0.4) is 0 Å². The molecule has 0 fully saturated rings. The SMILES string of the molecule is CCCCC[N+]1([O-])CC(CO)(c2cc3c(cc2O)OCO3)c2ccccc21. The Morgan fingerprint density at radius 1 is 1.11 bits per heavy atom. The number of aliphatic hydroxyl groups is 1. The van der Waals surface area contributed by atoms with Crippen LogP contribution in [-0.2, 0) is 5.41 Å². The number of hydrogen-bond acceptors (Lipinski definition) is 5. The molecule has 2 unspecified atom stereocenters. The molecule has 2 aromatic rings. The van der Waals surface area contributed by atoms with Gasteiger partial charge in [0.1, 0.15) is 16.9 Å². The molecule has 2 heterocycles. The molecule has 0 aliphatic carbocycles. The van der Waals surface area contributed by atoms with Gasteiger partial charge in [0.2, 0.25) is 6.79 Å². The molecule has 2 aliphatic heterocycles. The number of rotatable bonds is 6. The number of ether oxygens (including phenoxy) is 2. The summed E-state index contributed by atoms with van der Waals surface area (Å²) >= 11 is 0. The quantitative estimate of drug-likeness (QED) is 0.462. The van der Waals surface area contributed by atoms with Gasteiger partial charge in [-0.15, -0.1) is 0 Å². The van der Waals surface area contributed by atoms with Crippen LogP contribution in [0.25, 0.3) is 0 Å². The Kier molecular flexibility index (Phi) is 4.50. The van der Waals surface area contributed by atoms with Gasteiger partial charge in [0, 0.05) is 17.2 Å². The summed E-state index contributed by atoms with van der Waals surface area (Å²) in [4.78, 5) is 0. The number of para-hydroxylation sites is 1. The second kappa shape index (κ2) is 6.71. The molecule has 2 aliphatic rings. The first-order valence-electron chi connectivity index (χ1n) is 9.46. The molecule has 0 saturated heterocycles. The van der Waals surface area contributed by atoms with E-state index in [0.717, 1.165) is 24.8 Å². The predicted molar refractivity (Wildman–Crippen MR) is 103 cm³/mol. The normalized spacial score (nSPS) is 25.6. The van der Waals surface area contributed by atoms with Gasteiger partial charge in [0.05, 0.1) is 19.7 Å². The maximum atomic E-state index is 13.8. The fraction of sp³-hybridized carbons (Fsp3) is 0.429. The Labute approximate surface area is 158 Å². The first-order chi connectivity index (χ1) is 13.0. The second-order valence-electron chi connectivity index (χ2n) is 7.46. The summed E-state index contributed by atoms with van der Waals surface area (Å²) < 4.78 is 10.3. The van der Waals surface area contributed by atoms with Gasteiger partial charge in [0.15, 0.2) is 11.5 Å². The number of quaternary nitrogens is 1. The fourth-order valence-corrected chi connectivity index (χ4v) is 4.42. The van der Waals surface area contributed by atoms with Crippen molar-refractivity contribution in [3.8, 4) is 17.2 Å². The van der Waals surface area contributed by atoms with E-state index in [-0.39, 0.29) is 25.7 Å². The van der Waals surface area contributed by atoms with Crippen LogP contribution >= 0.6 is 0 Å². The van der Waals surface area contributed by atoms with Crippen molar-refractivity contribution in [2.24, 2.45) is 0 Å². The van der Waals surface area contributed by atoms with Crippen molar-refractivity contribution in [1.82, 2.24) is 4.65 Å². The van der Waals surface area contributed by atoms with E-state index < -0.39 is 10.1 Å². The zero-order valence-corrected chi connectivity index (χ0v) is 15.5. The van der Waals surface area contributed by atoms with Crippen LogP contribution in [0.1, 0.15) is 37.3 Å². The van der Waals surface area contributed by atoms with Crippen molar-refractivity contribution in [2.75, 3.05) is 26.5 Å². The maximum absolute atomic E-state index is 13.8. The molecule has 0 bridgehead atoms. The van der Waals surface area contributed by atoms with Crippen LogP contribution in [0, 0.1) is 5.21 Å². The summed E-state index contributed by atoms with van der Waals surface area (Å²) in [6, 6.07) is 10.7. The third-order valence-electron chi connectivity index (χ3n) is 5.78. The number of benzene rings is 2. The standard InChI is InChI=1S/C21H25NO5/c1-2-3-6-9-22(25)12-21(13-23,15-7-4-5-8-17(15)22)16-10-19-20(11-18(16)24)27-14-26-19/h4-5,7-8,10-11,23-24H,2-3,6,9,12-14H2,1H3. The molecule has 144 valence electrons. The van der Waals surface area contributed by atoms with Crippen LogP contribution in [-0.4, -0.2) is 36.7 Å². The number of nitrogens with zero attached hydrogens (tertiary/aromatic N) is 1. The number of fused-ring (bicyclic) bond motifs is 2. The monoisotopic (exact) mass is 371 g/mol. The zero-order valence-electron chi connectivity index (χ0n) is 15.5. The Morgan fingerprint density at radius 2 is 1.85 bits per heavy atom. The fourth-order valence-electron chi connectivity index (χ4n) is 4.42. The summed E-state index contributed by atoms with van der Waals surface area (Å²) in [6.07, 6.45) is 2.85. The first-order valence-corrected chi connectivity index (χ1v) is 9.46. The molecular formula is C21H25NO5. The minimum Gasteiger partial charge on any atom is -0.627 e. The zero-order chi connectivity index (χ0) is 19.1. The van der Waals surface area contributed by atoms with Crippen molar-refractivity contribution in [3.05, 3.63) is 52.7 Å². The number of aromatic hydroxyl groups is 1. The molecule has 2 atom stereocenters. The topological polar surface area (TPSA) is 82.0 Å². The van der Waals surface area contributed by atoms with Gasteiger partial charge < -0.3 is 29.5 Å². The molecule has 6 nitrogen and oxygen atoms in total. The van der Waals surface area contributed by atoms with E-state index in [9.17, 15) is 15.4 Å². The molecule has 0 saturated carbocycles. The van der Waals surface area contributed by atoms with Crippen molar-refractivity contribution < 1.29 is 19.7 Å². The maximum Gasteiger partial charge on any atom is 0.231 e. The first kappa shape index (κ1) is 18.1. The third kappa shape index (κ3) is 2.76. The predicted octanol–water partition coefficient (Wildman–Crippen LogP) is 3.41. The summed E-state index contributed by atoms with van der Waals surface area (Å²) in [7, 11) is 0. The Morgan fingerprint density at radius 3 is 2.59 bits per heavy atom. The van der Waals surface area contributed by atoms with Gasteiger partial charge in [-0.25, -0.2) is 0 Å². The van der Waals surface area contributed by atoms with E-state index in [1.54, 1.807) is 6.07 Å². The average Bonchev–Trinajstić information content (AvgIpc) is 3.22. The molecule has 4 rings (SSSR count). The highest BCUT2D eigenvalue weighted by atomic mass is 16.7. The van der Waals surface area contributed by atoms with Crippen LogP contribution < -0.4 is 14.1 Å².